The molecule has 2 aliphatic heterocycles. The number of hydrogen-bond donors (Lipinski definition) is 1. The number of aliphatic imine (C=N–C) groups is 1. The average Bonchev–Trinajstić information content (AvgIpc) is 2.44. The summed E-state index contributed by atoms with van der Waals surface area (Å²) in [5, 5.41) is 3.16. The quantitative estimate of drug-likeness (QED) is 0.577. The molecule has 0 saturated carbocycles. The van der Waals surface area contributed by atoms with E-state index in [1.54, 1.807) is 13.3 Å². The third kappa shape index (κ3) is 1.14. The highest BCUT2D eigenvalue weighted by atomic mass is 127. The van der Waals surface area contributed by atoms with Gasteiger partial charge in [0.2, 0.25) is 0 Å². The molecule has 2 heterocycles. The highest BCUT2D eigenvalue weighted by Crippen LogP contribution is 2.34. The summed E-state index contributed by atoms with van der Waals surface area (Å²) in [5.41, 5.74) is 0. The van der Waals surface area contributed by atoms with Gasteiger partial charge in [-0.2, -0.15) is 0 Å². The number of ether oxygens (including phenoxy) is 1. The number of halogens is 1. The minimum Gasteiger partial charge on any atom is -0.495 e. The summed E-state index contributed by atoms with van der Waals surface area (Å²) < 4.78 is 5.07. The molecule has 0 aromatic carbocycles. The Hall–Kier alpha value is -0.520. The number of hydrogen-bond acceptors (Lipinski definition) is 3. The van der Waals surface area contributed by atoms with Gasteiger partial charge in [0.05, 0.1) is 13.3 Å². The summed E-state index contributed by atoms with van der Waals surface area (Å²) in [5.74, 6) is 0.828. The first-order valence-corrected chi connectivity index (χ1v) is 4.75. The molecule has 3 nitrogen and oxygen atoms in total. The van der Waals surface area contributed by atoms with Gasteiger partial charge in [0.25, 0.3) is 0 Å². The van der Waals surface area contributed by atoms with E-state index < -0.39 is 0 Å². The Morgan fingerprint density at radius 3 is 3.33 bits per heavy atom. The maximum atomic E-state index is 5.11. The lowest BCUT2D eigenvalue weighted by atomic mass is 10.1. The van der Waals surface area contributed by atoms with Crippen LogP contribution in [0.1, 0.15) is 0 Å². The zero-order chi connectivity index (χ0) is 8.60. The molecule has 2 atom stereocenters. The van der Waals surface area contributed by atoms with Gasteiger partial charge in [-0.3, -0.25) is 4.99 Å². The Bertz CT molecular complexity index is 285. The molecule has 1 unspecified atom stereocenters. The van der Waals surface area contributed by atoms with Crippen molar-refractivity contribution in [3.8, 4) is 0 Å². The Morgan fingerprint density at radius 2 is 2.58 bits per heavy atom. The second kappa shape index (κ2) is 2.76. The molecule has 4 heteroatoms. The maximum Gasteiger partial charge on any atom is 0.140 e. The highest BCUT2D eigenvalue weighted by Gasteiger charge is 2.37. The predicted molar refractivity (Wildman–Crippen MR) is 56.4 cm³/mol. The first-order chi connectivity index (χ1) is 5.74. The van der Waals surface area contributed by atoms with Crippen LogP contribution in [0.3, 0.4) is 0 Å². The van der Waals surface area contributed by atoms with Crippen molar-refractivity contribution in [1.29, 1.82) is 0 Å². The van der Waals surface area contributed by atoms with Crippen molar-refractivity contribution < 1.29 is 4.74 Å². The third-order valence-corrected chi connectivity index (χ3v) is 3.22. The van der Waals surface area contributed by atoms with Gasteiger partial charge in [0.1, 0.15) is 15.3 Å². The van der Waals surface area contributed by atoms with Gasteiger partial charge in [-0.25, -0.2) is 0 Å². The molecule has 2 rings (SSSR count). The summed E-state index contributed by atoms with van der Waals surface area (Å²) >= 11 is 2.36. The van der Waals surface area contributed by atoms with Gasteiger partial charge in [0, 0.05) is 0 Å². The molecular formula is C8H9IN2O. The molecule has 0 aromatic heterocycles. The fourth-order valence-electron chi connectivity index (χ4n) is 1.29. The summed E-state index contributed by atoms with van der Waals surface area (Å²) in [7, 11) is 1.66. The minimum absolute atomic E-state index is 0.0438. The van der Waals surface area contributed by atoms with Crippen molar-refractivity contribution >= 4 is 28.8 Å². The van der Waals surface area contributed by atoms with Crippen molar-refractivity contribution in [3.05, 3.63) is 24.1 Å². The first kappa shape index (κ1) is 8.10. The number of alkyl halides is 1. The summed E-state index contributed by atoms with van der Waals surface area (Å²) in [6.07, 6.45) is 7.98. The second-order valence-electron chi connectivity index (χ2n) is 2.76. The van der Waals surface area contributed by atoms with Crippen molar-refractivity contribution in [1.82, 2.24) is 5.32 Å². The molecule has 0 aliphatic carbocycles. The lowest BCUT2D eigenvalue weighted by Gasteiger charge is -2.25. The number of methoxy groups -OCH3 is 1. The first-order valence-electron chi connectivity index (χ1n) is 3.67. The molecule has 0 radical (unpaired) electrons. The number of nitrogens with zero attached hydrogens (tertiary/aromatic N) is 1. The molecule has 0 saturated heterocycles. The summed E-state index contributed by atoms with van der Waals surface area (Å²) in [6.45, 7) is 0. The van der Waals surface area contributed by atoms with E-state index in [2.05, 4.69) is 45.1 Å². The topological polar surface area (TPSA) is 33.6 Å². The van der Waals surface area contributed by atoms with Gasteiger partial charge in [-0.15, -0.1) is 0 Å². The molecule has 12 heavy (non-hydrogen) atoms. The van der Waals surface area contributed by atoms with E-state index in [0.29, 0.717) is 0 Å². The molecule has 0 fully saturated rings. The smallest absolute Gasteiger partial charge is 0.140 e. The van der Waals surface area contributed by atoms with Crippen LogP contribution in [0, 0.1) is 0 Å². The average molecular weight is 276 g/mol. The SMILES string of the molecule is COC1=C[C@@]2(I)C=CNC2N=C1. The molecular weight excluding hydrogens is 267 g/mol. The van der Waals surface area contributed by atoms with E-state index in [4.69, 9.17) is 4.74 Å². The fourth-order valence-corrected chi connectivity index (χ4v) is 2.11. The van der Waals surface area contributed by atoms with Crippen LogP contribution < -0.4 is 5.32 Å². The van der Waals surface area contributed by atoms with Crippen LogP contribution in [0.5, 0.6) is 0 Å². The van der Waals surface area contributed by atoms with E-state index in [0.717, 1.165) is 5.76 Å². The van der Waals surface area contributed by atoms with E-state index >= 15 is 0 Å². The van der Waals surface area contributed by atoms with Crippen molar-refractivity contribution in [3.63, 3.8) is 0 Å². The minimum atomic E-state index is -0.0438. The Balaban J connectivity index is 2.32. The number of allylic oxidation sites excluding steroid dienone is 1. The molecule has 2 aliphatic rings. The van der Waals surface area contributed by atoms with Gasteiger partial charge in [-0.05, 0) is 18.4 Å². The van der Waals surface area contributed by atoms with Crippen molar-refractivity contribution in [2.45, 2.75) is 9.59 Å². The van der Waals surface area contributed by atoms with Gasteiger partial charge in [-0.1, -0.05) is 22.6 Å². The highest BCUT2D eigenvalue weighted by molar-refractivity contribution is 14.1. The normalized spacial score (nSPS) is 37.2. The van der Waals surface area contributed by atoms with E-state index in [1.165, 1.54) is 0 Å². The van der Waals surface area contributed by atoms with Crippen LogP contribution in [0.2, 0.25) is 0 Å². The zero-order valence-electron chi connectivity index (χ0n) is 6.62. The molecule has 1 N–H and O–H groups in total. The van der Waals surface area contributed by atoms with Crippen LogP contribution in [0.15, 0.2) is 29.1 Å². The predicted octanol–water partition coefficient (Wildman–Crippen LogP) is 1.22. The zero-order valence-corrected chi connectivity index (χ0v) is 8.78. The third-order valence-electron chi connectivity index (χ3n) is 1.96. The van der Waals surface area contributed by atoms with Crippen molar-refractivity contribution in [2.75, 3.05) is 7.11 Å². The number of dihydropyridines is 1. The second-order valence-corrected chi connectivity index (χ2v) is 4.63. The summed E-state index contributed by atoms with van der Waals surface area (Å²) in [4.78, 5) is 4.32. The molecule has 64 valence electrons. The number of rotatable bonds is 1. The molecule has 0 spiro atoms. The Morgan fingerprint density at radius 1 is 1.75 bits per heavy atom. The van der Waals surface area contributed by atoms with E-state index in [-0.39, 0.29) is 9.59 Å². The van der Waals surface area contributed by atoms with Gasteiger partial charge < -0.3 is 10.1 Å². The van der Waals surface area contributed by atoms with E-state index in [9.17, 15) is 0 Å². The fraction of sp³-hybridized carbons (Fsp3) is 0.375. The summed E-state index contributed by atoms with van der Waals surface area (Å²) in [6, 6.07) is 0. The van der Waals surface area contributed by atoms with Gasteiger partial charge >= 0.3 is 0 Å². The van der Waals surface area contributed by atoms with Crippen LogP contribution in [-0.4, -0.2) is 22.9 Å². The van der Waals surface area contributed by atoms with Crippen LogP contribution in [0.25, 0.3) is 0 Å². The molecule has 0 bridgehead atoms. The molecule has 0 amide bonds. The Kier molecular flexibility index (Phi) is 1.86. The lowest BCUT2D eigenvalue weighted by Crippen LogP contribution is -2.37. The standard InChI is InChI=1S/C8H9IN2O/c1-12-6-4-8(9)2-3-10-7(8)11-5-6/h2-5,7,10H,1H3/t7?,8-/m0/s1. The monoisotopic (exact) mass is 276 g/mol. The number of nitrogens with one attached hydrogen (secondary N) is 1. The van der Waals surface area contributed by atoms with Crippen LogP contribution in [-0.2, 0) is 4.74 Å². The Labute approximate surface area is 84.7 Å². The van der Waals surface area contributed by atoms with Crippen LogP contribution >= 0.6 is 22.6 Å². The lowest BCUT2D eigenvalue weighted by molar-refractivity contribution is 0.311. The maximum absolute atomic E-state index is 5.11. The molecule has 0 aromatic rings. The van der Waals surface area contributed by atoms with E-state index in [1.807, 2.05) is 6.20 Å². The number of fused-ring (bicyclic) bond motifs is 1. The van der Waals surface area contributed by atoms with Gasteiger partial charge in [0.15, 0.2) is 0 Å². The van der Waals surface area contributed by atoms with Crippen LogP contribution in [0.4, 0.5) is 0 Å². The van der Waals surface area contributed by atoms with Crippen molar-refractivity contribution in [2.24, 2.45) is 4.99 Å². The largest absolute Gasteiger partial charge is 0.495 e.